The maximum Gasteiger partial charge on any atom is 0.465 e. The van der Waals surface area contributed by atoms with Crippen LogP contribution in [0.3, 0.4) is 0 Å². The summed E-state index contributed by atoms with van der Waals surface area (Å²) in [7, 11) is -6.00. The Bertz CT molecular complexity index is 1070. The molecule has 0 spiro atoms. The molecule has 162 valence electrons. The molecule has 0 aliphatic heterocycles. The average molecular weight is 668 g/mol. The highest BCUT2D eigenvalue weighted by Crippen LogP contribution is 2.28. The molecule has 0 atom stereocenters. The molecule has 0 fully saturated rings. The number of esters is 2. The average Bonchev–Trinajstić information content (AvgIpc) is 2.67. The minimum absolute atomic E-state index is 0.0168. The molecule has 0 unspecified atom stereocenters. The van der Waals surface area contributed by atoms with Gasteiger partial charge in [0.2, 0.25) is 0 Å². The zero-order valence-corrected chi connectivity index (χ0v) is 19.8. The van der Waals surface area contributed by atoms with Gasteiger partial charge in [-0.2, -0.15) is 17.2 Å². The summed E-state index contributed by atoms with van der Waals surface area (Å²) in [6, 6.07) is 8.71. The summed E-state index contributed by atoms with van der Waals surface area (Å²) in [5.41, 5.74) is 0.479. The number of halogens is 4. The molecule has 0 radical (unpaired) electrons. The first-order chi connectivity index (χ1) is 13.8. The van der Waals surface area contributed by atoms with Crippen molar-refractivity contribution in [3.8, 4) is 5.75 Å². The summed E-state index contributed by atoms with van der Waals surface area (Å²) < 4.78 is 66.7. The molecule has 0 aliphatic rings. The fourth-order valence-corrected chi connectivity index (χ4v) is 4.27. The van der Waals surface area contributed by atoms with Crippen LogP contribution in [0, 0.1) is 7.14 Å². The standard InChI is InChI=1S/C17H12F2I2O8S/c18-17(19,30(25,26)27)16(24)29-8-10-3-1-2-4-11(10)15(23)28-7-9-5-12(20)14(22)13(21)6-9/h1-6,22H,7-8H2,(H,25,26,27). The number of ether oxygens (including phenoxy) is 2. The van der Waals surface area contributed by atoms with E-state index in [0.29, 0.717) is 12.7 Å². The summed E-state index contributed by atoms with van der Waals surface area (Å²) >= 11 is 3.83. The highest BCUT2D eigenvalue weighted by molar-refractivity contribution is 14.1. The van der Waals surface area contributed by atoms with Crippen molar-refractivity contribution in [1.82, 2.24) is 0 Å². The zero-order valence-electron chi connectivity index (χ0n) is 14.6. The van der Waals surface area contributed by atoms with Crippen LogP contribution in [0.15, 0.2) is 36.4 Å². The number of rotatable bonds is 7. The molecule has 2 aromatic rings. The number of phenolic OH excluding ortho intramolecular Hbond substituents is 1. The van der Waals surface area contributed by atoms with Crippen LogP contribution in [0.4, 0.5) is 8.78 Å². The summed E-state index contributed by atoms with van der Waals surface area (Å²) in [6.07, 6.45) is 0. The number of hydrogen-bond acceptors (Lipinski definition) is 7. The van der Waals surface area contributed by atoms with Gasteiger partial charge in [0.15, 0.2) is 0 Å². The number of carbonyl (C=O) groups excluding carboxylic acids is 2. The number of alkyl halides is 2. The highest BCUT2D eigenvalue weighted by Gasteiger charge is 2.54. The van der Waals surface area contributed by atoms with Crippen molar-refractivity contribution in [3.63, 3.8) is 0 Å². The van der Waals surface area contributed by atoms with E-state index in [9.17, 15) is 31.9 Å². The molecule has 2 rings (SSSR count). The molecule has 0 amide bonds. The molecule has 2 N–H and O–H groups in total. The zero-order chi connectivity index (χ0) is 22.7. The van der Waals surface area contributed by atoms with Crippen molar-refractivity contribution in [2.75, 3.05) is 0 Å². The Labute approximate surface area is 196 Å². The fraction of sp³-hybridized carbons (Fsp3) is 0.176. The Balaban J connectivity index is 2.11. The molecular weight excluding hydrogens is 656 g/mol. The van der Waals surface area contributed by atoms with E-state index in [-0.39, 0.29) is 23.5 Å². The Morgan fingerprint density at radius 1 is 1.03 bits per heavy atom. The first-order valence-electron chi connectivity index (χ1n) is 7.78. The van der Waals surface area contributed by atoms with Gasteiger partial charge in [0.25, 0.3) is 0 Å². The van der Waals surface area contributed by atoms with E-state index in [4.69, 9.17) is 9.29 Å². The predicted octanol–water partition coefficient (Wildman–Crippen LogP) is 3.48. The van der Waals surface area contributed by atoms with Crippen LogP contribution in [0.25, 0.3) is 0 Å². The number of benzene rings is 2. The van der Waals surface area contributed by atoms with Gasteiger partial charge in [0, 0.05) is 5.56 Å². The summed E-state index contributed by atoms with van der Waals surface area (Å²) in [6.45, 7) is -1.01. The quantitative estimate of drug-likeness (QED) is 0.261. The van der Waals surface area contributed by atoms with E-state index in [1.165, 1.54) is 24.3 Å². The van der Waals surface area contributed by atoms with Crippen molar-refractivity contribution < 1.29 is 45.9 Å². The number of aromatic hydroxyl groups is 1. The first kappa shape index (κ1) is 24.7. The van der Waals surface area contributed by atoms with Crippen molar-refractivity contribution in [3.05, 3.63) is 60.2 Å². The molecule has 0 saturated carbocycles. The molecule has 0 bridgehead atoms. The van der Waals surface area contributed by atoms with Crippen LogP contribution in [-0.4, -0.2) is 35.3 Å². The third-order valence-corrected chi connectivity index (χ3v) is 6.06. The topological polar surface area (TPSA) is 127 Å². The lowest BCUT2D eigenvalue weighted by molar-refractivity contribution is -0.162. The van der Waals surface area contributed by atoms with Gasteiger partial charge >= 0.3 is 27.3 Å². The van der Waals surface area contributed by atoms with Crippen LogP contribution in [0.5, 0.6) is 5.75 Å². The van der Waals surface area contributed by atoms with Crippen molar-refractivity contribution >= 4 is 67.2 Å². The lowest BCUT2D eigenvalue weighted by Crippen LogP contribution is -2.38. The second kappa shape index (κ2) is 9.69. The van der Waals surface area contributed by atoms with Crippen LogP contribution in [-0.2, 0) is 37.6 Å². The number of hydrogen-bond donors (Lipinski definition) is 2. The van der Waals surface area contributed by atoms with Gasteiger partial charge < -0.3 is 14.6 Å². The Kier molecular flexibility index (Phi) is 7.97. The molecular formula is C17H12F2I2O8S. The molecule has 0 aliphatic carbocycles. The van der Waals surface area contributed by atoms with E-state index < -0.39 is 33.9 Å². The van der Waals surface area contributed by atoms with Crippen molar-refractivity contribution in [1.29, 1.82) is 0 Å². The molecule has 13 heteroatoms. The fourth-order valence-electron chi connectivity index (χ4n) is 2.11. The van der Waals surface area contributed by atoms with Gasteiger partial charge in [-0.3, -0.25) is 4.55 Å². The molecule has 30 heavy (non-hydrogen) atoms. The van der Waals surface area contributed by atoms with E-state index >= 15 is 0 Å². The van der Waals surface area contributed by atoms with Crippen LogP contribution < -0.4 is 0 Å². The maximum absolute atomic E-state index is 13.3. The molecule has 0 saturated heterocycles. The SMILES string of the molecule is O=C(OCc1cc(I)c(O)c(I)c1)c1ccccc1COC(=O)C(F)(F)S(=O)(=O)O. The van der Waals surface area contributed by atoms with Crippen LogP contribution >= 0.6 is 45.2 Å². The highest BCUT2D eigenvalue weighted by atomic mass is 127. The lowest BCUT2D eigenvalue weighted by Gasteiger charge is -2.14. The van der Waals surface area contributed by atoms with E-state index in [1.54, 1.807) is 12.1 Å². The summed E-state index contributed by atoms with van der Waals surface area (Å²) in [5, 5.41) is 4.62. The van der Waals surface area contributed by atoms with E-state index in [0.717, 1.165) is 0 Å². The third kappa shape index (κ3) is 5.76. The second-order valence-corrected chi connectivity index (χ2v) is 9.50. The minimum Gasteiger partial charge on any atom is -0.506 e. The molecule has 2 aromatic carbocycles. The number of phenols is 1. The van der Waals surface area contributed by atoms with E-state index in [2.05, 4.69) is 4.74 Å². The van der Waals surface area contributed by atoms with Crippen molar-refractivity contribution in [2.45, 2.75) is 18.5 Å². The number of carbonyl (C=O) groups is 2. The van der Waals surface area contributed by atoms with Gasteiger partial charge in [-0.1, -0.05) is 18.2 Å². The largest absolute Gasteiger partial charge is 0.506 e. The summed E-state index contributed by atoms with van der Waals surface area (Å²) in [4.78, 5) is 23.7. The van der Waals surface area contributed by atoms with Gasteiger partial charge in [0.1, 0.15) is 19.0 Å². The van der Waals surface area contributed by atoms with Gasteiger partial charge in [-0.15, -0.1) is 0 Å². The van der Waals surface area contributed by atoms with Crippen molar-refractivity contribution in [2.24, 2.45) is 0 Å². The Morgan fingerprint density at radius 2 is 1.60 bits per heavy atom. The summed E-state index contributed by atoms with van der Waals surface area (Å²) in [5.74, 6) is -3.23. The van der Waals surface area contributed by atoms with Gasteiger partial charge in [-0.25, -0.2) is 9.59 Å². The van der Waals surface area contributed by atoms with Crippen LogP contribution in [0.2, 0.25) is 0 Å². The Hall–Kier alpha value is -1.59. The van der Waals surface area contributed by atoms with Gasteiger partial charge in [-0.05, 0) is 68.9 Å². The smallest absolute Gasteiger partial charge is 0.465 e. The lowest BCUT2D eigenvalue weighted by atomic mass is 10.1. The molecule has 0 heterocycles. The normalized spacial score (nSPS) is 11.8. The second-order valence-electron chi connectivity index (χ2n) is 5.71. The van der Waals surface area contributed by atoms with Crippen LogP contribution in [0.1, 0.15) is 21.5 Å². The van der Waals surface area contributed by atoms with E-state index in [1.807, 2.05) is 45.2 Å². The van der Waals surface area contributed by atoms with Gasteiger partial charge in [0.05, 0.1) is 12.7 Å². The Morgan fingerprint density at radius 3 is 2.17 bits per heavy atom. The monoisotopic (exact) mass is 668 g/mol. The molecule has 0 aromatic heterocycles. The molecule has 8 nitrogen and oxygen atoms in total. The minimum atomic E-state index is -6.00. The predicted molar refractivity (Wildman–Crippen MR) is 115 cm³/mol. The third-order valence-electron chi connectivity index (χ3n) is 3.60. The maximum atomic E-state index is 13.3. The first-order valence-corrected chi connectivity index (χ1v) is 11.4.